The number of hydrogen-bond acceptors (Lipinski definition) is 14. The lowest BCUT2D eigenvalue weighted by Crippen LogP contribution is -2.16. The quantitative estimate of drug-likeness (QED) is 0.0452. The fraction of sp³-hybridized carbons (Fsp3) is 0.875. The fourth-order valence-corrected chi connectivity index (χ4v) is 7.31. The number of rotatable bonds is 60. The smallest absolute Gasteiger partial charge is 0.305 e. The predicted molar refractivity (Wildman–Crippen MR) is 279 cm³/mol. The van der Waals surface area contributed by atoms with E-state index in [0.717, 1.165) is 25.0 Å². The van der Waals surface area contributed by atoms with Crippen LogP contribution in [0.25, 0.3) is 0 Å². The van der Waals surface area contributed by atoms with Crippen LogP contribution in [-0.2, 0) is 68.1 Å². The summed E-state index contributed by atoms with van der Waals surface area (Å²) in [6, 6.07) is 8.44. The van der Waals surface area contributed by atoms with Crippen LogP contribution >= 0.6 is 0 Å². The van der Waals surface area contributed by atoms with Crippen LogP contribution in [0.1, 0.15) is 161 Å². The van der Waals surface area contributed by atoms with Crippen molar-refractivity contribution in [3.8, 4) is 5.75 Å². The van der Waals surface area contributed by atoms with E-state index in [4.69, 9.17) is 61.6 Å². The first-order chi connectivity index (χ1) is 34.8. The molecule has 0 bridgehead atoms. The summed E-state index contributed by atoms with van der Waals surface area (Å²) < 4.78 is 72.0. The molecule has 14 heteroatoms. The molecule has 0 saturated heterocycles. The average Bonchev–Trinajstić information content (AvgIpc) is 3.37. The number of carbonyl (C=O) groups is 1. The van der Waals surface area contributed by atoms with Gasteiger partial charge in [-0.2, -0.15) is 0 Å². The molecule has 0 radical (unpaired) electrons. The zero-order chi connectivity index (χ0) is 50.0. The van der Waals surface area contributed by atoms with E-state index in [1.807, 2.05) is 0 Å². The Morgan fingerprint density at radius 3 is 0.871 bits per heavy atom. The van der Waals surface area contributed by atoms with E-state index in [-0.39, 0.29) is 12.6 Å². The van der Waals surface area contributed by atoms with Crippen LogP contribution in [0.2, 0.25) is 0 Å². The zero-order valence-electron chi connectivity index (χ0n) is 44.8. The summed E-state index contributed by atoms with van der Waals surface area (Å²) in [5.41, 5.74) is 1.38. The van der Waals surface area contributed by atoms with E-state index in [2.05, 4.69) is 38.1 Å². The molecule has 0 aliphatic heterocycles. The molecule has 0 aromatic heterocycles. The minimum Gasteiger partial charge on any atom is -0.491 e. The van der Waals surface area contributed by atoms with Gasteiger partial charge in [0.05, 0.1) is 145 Å². The number of unbranched alkanes of at least 4 members (excludes halogenated alkanes) is 19. The van der Waals surface area contributed by atoms with Crippen LogP contribution in [0.5, 0.6) is 5.75 Å². The van der Waals surface area contributed by atoms with E-state index < -0.39 is 0 Å². The number of carbonyl (C=O) groups excluding carboxylic acids is 1. The second kappa shape index (κ2) is 57.9. The maximum absolute atomic E-state index is 11.9. The van der Waals surface area contributed by atoms with Crippen molar-refractivity contribution in [1.82, 2.24) is 0 Å². The summed E-state index contributed by atoms with van der Waals surface area (Å²) in [5, 5.41) is 0. The topological polar surface area (TPSA) is 137 Å². The van der Waals surface area contributed by atoms with Crippen LogP contribution in [0.3, 0.4) is 0 Å². The van der Waals surface area contributed by atoms with Gasteiger partial charge in [0.25, 0.3) is 0 Å². The molecular weight excluding hydrogens is 897 g/mol. The van der Waals surface area contributed by atoms with Crippen molar-refractivity contribution in [2.45, 2.75) is 162 Å². The number of ether oxygens (including phenoxy) is 13. The van der Waals surface area contributed by atoms with Crippen molar-refractivity contribution in [1.29, 1.82) is 0 Å². The van der Waals surface area contributed by atoms with Gasteiger partial charge in [-0.1, -0.05) is 148 Å². The Hall–Kier alpha value is -1.95. The highest BCUT2D eigenvalue weighted by Crippen LogP contribution is 2.16. The summed E-state index contributed by atoms with van der Waals surface area (Å²) >= 11 is 0. The molecule has 0 aliphatic carbocycles. The SMILES string of the molecule is CCCCCCCCCCCCCCCCCC(=O)OCCOCCOCCOCCOCCOCCOCCOCCOCCOCCOCCOCCOc1ccc(CCCCCCCC)cc1. The standard InChI is InChI=1S/C56H104O14/c1-3-5-7-9-11-12-13-14-15-16-17-18-19-21-23-25-56(57)70-53-51-68-49-47-66-45-43-64-41-39-62-37-35-60-33-31-58-30-32-59-34-36-61-38-40-63-42-44-65-46-48-67-50-52-69-55-28-26-54(27-29-55)24-22-20-10-8-6-4-2/h26-29H,3-25,30-53H2,1-2H3. The number of aryl methyl sites for hydroxylation is 1. The molecule has 0 aliphatic rings. The van der Waals surface area contributed by atoms with Gasteiger partial charge >= 0.3 is 5.97 Å². The van der Waals surface area contributed by atoms with Gasteiger partial charge in [0.2, 0.25) is 0 Å². The lowest BCUT2D eigenvalue weighted by Gasteiger charge is -2.09. The Bertz CT molecular complexity index is 1150. The number of esters is 1. The van der Waals surface area contributed by atoms with Crippen molar-refractivity contribution in [3.05, 3.63) is 29.8 Å². The van der Waals surface area contributed by atoms with Gasteiger partial charge in [0, 0.05) is 6.42 Å². The highest BCUT2D eigenvalue weighted by Gasteiger charge is 2.04. The van der Waals surface area contributed by atoms with Crippen LogP contribution in [0, 0.1) is 0 Å². The average molecular weight is 1000 g/mol. The normalized spacial score (nSPS) is 11.5. The van der Waals surface area contributed by atoms with Crippen molar-refractivity contribution in [2.75, 3.05) is 159 Å². The first-order valence-electron chi connectivity index (χ1n) is 28.0. The maximum atomic E-state index is 11.9. The molecule has 70 heavy (non-hydrogen) atoms. The Balaban J connectivity index is 1.65. The summed E-state index contributed by atoms with van der Waals surface area (Å²) in [4.78, 5) is 11.9. The van der Waals surface area contributed by atoms with Gasteiger partial charge in [-0.05, 0) is 37.0 Å². The lowest BCUT2D eigenvalue weighted by atomic mass is 10.0. The van der Waals surface area contributed by atoms with E-state index in [0.29, 0.717) is 158 Å². The molecule has 0 atom stereocenters. The summed E-state index contributed by atoms with van der Waals surface area (Å²) in [7, 11) is 0. The Morgan fingerprint density at radius 2 is 0.557 bits per heavy atom. The Labute approximate surface area is 426 Å². The third-order valence-corrected chi connectivity index (χ3v) is 11.4. The van der Waals surface area contributed by atoms with E-state index in [9.17, 15) is 4.79 Å². The molecule has 0 heterocycles. The minimum absolute atomic E-state index is 0.131. The van der Waals surface area contributed by atoms with Crippen LogP contribution in [0.15, 0.2) is 24.3 Å². The third-order valence-electron chi connectivity index (χ3n) is 11.4. The minimum atomic E-state index is -0.131. The van der Waals surface area contributed by atoms with E-state index in [1.165, 1.54) is 128 Å². The second-order valence-electron chi connectivity index (χ2n) is 17.7. The predicted octanol–water partition coefficient (Wildman–Crippen LogP) is 11.0. The van der Waals surface area contributed by atoms with Gasteiger partial charge in [0.1, 0.15) is 19.0 Å². The van der Waals surface area contributed by atoms with Gasteiger partial charge < -0.3 is 61.6 Å². The molecule has 0 unspecified atom stereocenters. The van der Waals surface area contributed by atoms with E-state index >= 15 is 0 Å². The highest BCUT2D eigenvalue weighted by molar-refractivity contribution is 5.69. The first-order valence-corrected chi connectivity index (χ1v) is 28.0. The van der Waals surface area contributed by atoms with Crippen molar-refractivity contribution in [2.24, 2.45) is 0 Å². The van der Waals surface area contributed by atoms with Gasteiger partial charge in [0.15, 0.2) is 0 Å². The number of hydrogen-bond donors (Lipinski definition) is 0. The Morgan fingerprint density at radius 1 is 0.300 bits per heavy atom. The van der Waals surface area contributed by atoms with Crippen LogP contribution in [-0.4, -0.2) is 165 Å². The molecule has 0 N–H and O–H groups in total. The largest absolute Gasteiger partial charge is 0.491 e. The fourth-order valence-electron chi connectivity index (χ4n) is 7.31. The van der Waals surface area contributed by atoms with Gasteiger partial charge in [-0.3, -0.25) is 4.79 Å². The second-order valence-corrected chi connectivity index (χ2v) is 17.7. The molecule has 1 aromatic carbocycles. The van der Waals surface area contributed by atoms with Crippen molar-refractivity contribution < 1.29 is 66.4 Å². The number of benzene rings is 1. The lowest BCUT2D eigenvalue weighted by molar-refractivity contribution is -0.145. The molecule has 1 rings (SSSR count). The highest BCUT2D eigenvalue weighted by atomic mass is 16.6. The summed E-state index contributed by atoms with van der Waals surface area (Å²) in [5.74, 6) is 0.752. The van der Waals surface area contributed by atoms with Gasteiger partial charge in [-0.25, -0.2) is 0 Å². The van der Waals surface area contributed by atoms with E-state index in [1.54, 1.807) is 0 Å². The molecule has 0 fully saturated rings. The molecular formula is C56H104O14. The zero-order valence-corrected chi connectivity index (χ0v) is 44.8. The van der Waals surface area contributed by atoms with Crippen LogP contribution in [0.4, 0.5) is 0 Å². The summed E-state index contributed by atoms with van der Waals surface area (Å²) in [6.45, 7) is 16.2. The molecule has 1 aromatic rings. The van der Waals surface area contributed by atoms with Crippen molar-refractivity contribution >= 4 is 5.97 Å². The van der Waals surface area contributed by atoms with Gasteiger partial charge in [-0.15, -0.1) is 0 Å². The molecule has 14 nitrogen and oxygen atoms in total. The summed E-state index contributed by atoms with van der Waals surface area (Å²) in [6.07, 6.45) is 29.3. The third kappa shape index (κ3) is 52.4. The first kappa shape index (κ1) is 66.1. The molecule has 0 saturated carbocycles. The molecule has 0 amide bonds. The Kier molecular flexibility index (Phi) is 54.7. The van der Waals surface area contributed by atoms with Crippen LogP contribution < -0.4 is 4.74 Å². The maximum Gasteiger partial charge on any atom is 0.305 e. The molecule has 412 valence electrons. The van der Waals surface area contributed by atoms with Crippen molar-refractivity contribution in [3.63, 3.8) is 0 Å². The monoisotopic (exact) mass is 1000 g/mol. The molecule has 0 spiro atoms.